The molecule has 4 rings (SSSR count). The average Bonchev–Trinajstić information content (AvgIpc) is 3.01. The Morgan fingerprint density at radius 3 is 2.48 bits per heavy atom. The third kappa shape index (κ3) is 5.72. The molecule has 0 spiro atoms. The van der Waals surface area contributed by atoms with Gasteiger partial charge in [-0.05, 0) is 55.2 Å². The summed E-state index contributed by atoms with van der Waals surface area (Å²) >= 11 is 1.51. The van der Waals surface area contributed by atoms with Gasteiger partial charge in [0.2, 0.25) is 0 Å². The van der Waals surface area contributed by atoms with E-state index in [0.717, 1.165) is 65.8 Å². The van der Waals surface area contributed by atoms with E-state index in [-0.39, 0.29) is 6.61 Å². The van der Waals surface area contributed by atoms with E-state index in [0.29, 0.717) is 11.3 Å². The topological polar surface area (TPSA) is 62.7 Å². The Kier molecular flexibility index (Phi) is 6.71. The van der Waals surface area contributed by atoms with E-state index in [4.69, 9.17) is 9.84 Å². The number of aryl methyl sites for hydroxylation is 1. The number of alkyl halides is 3. The summed E-state index contributed by atoms with van der Waals surface area (Å²) in [7, 11) is 0. The molecule has 174 valence electrons. The lowest BCUT2D eigenvalue weighted by atomic mass is 10.0. The molecule has 1 aromatic heterocycles. The zero-order valence-corrected chi connectivity index (χ0v) is 18.8. The molecule has 9 heteroatoms. The van der Waals surface area contributed by atoms with Crippen LogP contribution in [0.15, 0.2) is 42.5 Å². The molecule has 0 amide bonds. The van der Waals surface area contributed by atoms with Gasteiger partial charge in [0.1, 0.15) is 10.8 Å². The van der Waals surface area contributed by atoms with Gasteiger partial charge in [0.25, 0.3) is 0 Å². The first-order valence-electron chi connectivity index (χ1n) is 10.5. The van der Waals surface area contributed by atoms with Crippen molar-refractivity contribution in [3.63, 3.8) is 0 Å². The Hall–Kier alpha value is -2.91. The molecule has 2 heterocycles. The molecule has 0 saturated heterocycles. The van der Waals surface area contributed by atoms with Crippen molar-refractivity contribution >= 4 is 17.3 Å². The predicted octanol–water partition coefficient (Wildman–Crippen LogP) is 5.20. The minimum absolute atomic E-state index is 0.364. The van der Waals surface area contributed by atoms with Gasteiger partial charge in [-0.3, -0.25) is 4.90 Å². The van der Waals surface area contributed by atoms with E-state index in [2.05, 4.69) is 9.88 Å². The summed E-state index contributed by atoms with van der Waals surface area (Å²) < 4.78 is 43.8. The summed E-state index contributed by atoms with van der Waals surface area (Å²) in [5, 5.41) is 9.51. The zero-order valence-electron chi connectivity index (χ0n) is 18.0. The monoisotopic (exact) mass is 476 g/mol. The molecular weight excluding hydrogens is 453 g/mol. The van der Waals surface area contributed by atoms with Crippen LogP contribution in [-0.2, 0) is 30.4 Å². The molecule has 33 heavy (non-hydrogen) atoms. The Morgan fingerprint density at radius 1 is 1.12 bits per heavy atom. The van der Waals surface area contributed by atoms with Crippen molar-refractivity contribution in [2.45, 2.75) is 32.5 Å². The van der Waals surface area contributed by atoms with Gasteiger partial charge >= 0.3 is 12.1 Å². The van der Waals surface area contributed by atoms with Gasteiger partial charge in [-0.2, -0.15) is 13.2 Å². The van der Waals surface area contributed by atoms with Gasteiger partial charge in [0.05, 0.1) is 11.3 Å². The number of carboxylic acid groups (broad SMARTS) is 1. The molecule has 2 aromatic carbocycles. The Morgan fingerprint density at radius 2 is 1.82 bits per heavy atom. The molecule has 0 bridgehead atoms. The van der Waals surface area contributed by atoms with E-state index in [1.807, 2.05) is 19.1 Å². The second-order valence-corrected chi connectivity index (χ2v) is 9.08. The third-order valence-electron chi connectivity index (χ3n) is 5.65. The average molecular weight is 477 g/mol. The number of rotatable bonds is 6. The molecule has 0 unspecified atom stereocenters. The van der Waals surface area contributed by atoms with Crippen molar-refractivity contribution in [2.75, 3.05) is 19.7 Å². The summed E-state index contributed by atoms with van der Waals surface area (Å²) in [4.78, 5) is 18.8. The standard InChI is InChI=1S/C24H23F3N2O3S/c1-15-21(33-23(28-15)17-2-5-19(6-3-17)24(25,26)27)13-29-10-8-16-4-7-20(32-14-22(30)31)12-18(16)9-11-29/h2-7,12H,8-11,13-14H2,1H3,(H,30,31). The first kappa shape index (κ1) is 23.3. The molecule has 1 aliphatic rings. The summed E-state index contributed by atoms with van der Waals surface area (Å²) in [6, 6.07) is 10.8. The number of thiazole rings is 1. The first-order valence-corrected chi connectivity index (χ1v) is 11.3. The number of carboxylic acids is 1. The van der Waals surface area contributed by atoms with E-state index in [1.54, 1.807) is 6.07 Å². The van der Waals surface area contributed by atoms with Crippen LogP contribution in [0.25, 0.3) is 10.6 Å². The molecule has 1 N–H and O–H groups in total. The van der Waals surface area contributed by atoms with Crippen LogP contribution in [0.4, 0.5) is 13.2 Å². The number of aromatic nitrogens is 1. The minimum Gasteiger partial charge on any atom is -0.482 e. The number of carbonyl (C=O) groups is 1. The molecule has 3 aromatic rings. The van der Waals surface area contributed by atoms with Gasteiger partial charge in [0, 0.05) is 30.1 Å². The number of ether oxygens (including phenoxy) is 1. The van der Waals surface area contributed by atoms with Gasteiger partial charge in [-0.25, -0.2) is 9.78 Å². The minimum atomic E-state index is -4.35. The van der Waals surface area contributed by atoms with Crippen molar-refractivity contribution in [3.05, 3.63) is 69.7 Å². The first-order chi connectivity index (χ1) is 15.7. The number of aliphatic carboxylic acids is 1. The Bertz CT molecular complexity index is 1140. The zero-order chi connectivity index (χ0) is 23.6. The highest BCUT2D eigenvalue weighted by Gasteiger charge is 2.30. The molecule has 1 aliphatic heterocycles. The summed E-state index contributed by atoms with van der Waals surface area (Å²) in [6.45, 7) is 3.99. The van der Waals surface area contributed by atoms with Crippen molar-refractivity contribution in [1.82, 2.24) is 9.88 Å². The van der Waals surface area contributed by atoms with Crippen LogP contribution in [0.3, 0.4) is 0 Å². The van der Waals surface area contributed by atoms with Crippen LogP contribution in [-0.4, -0.2) is 40.7 Å². The molecular formula is C24H23F3N2O3S. The normalized spacial score (nSPS) is 14.5. The number of halogens is 3. The quantitative estimate of drug-likeness (QED) is 0.530. The van der Waals surface area contributed by atoms with Crippen LogP contribution >= 0.6 is 11.3 Å². The fraction of sp³-hybridized carbons (Fsp3) is 0.333. The highest BCUT2D eigenvalue weighted by atomic mass is 32.1. The van der Waals surface area contributed by atoms with E-state index in [9.17, 15) is 18.0 Å². The molecule has 0 saturated carbocycles. The molecule has 0 radical (unpaired) electrons. The van der Waals surface area contributed by atoms with Crippen LogP contribution in [0.2, 0.25) is 0 Å². The number of hydrogen-bond donors (Lipinski definition) is 1. The SMILES string of the molecule is Cc1nc(-c2ccc(C(F)(F)F)cc2)sc1CN1CCc2ccc(OCC(=O)O)cc2CC1. The van der Waals surface area contributed by atoms with Crippen molar-refractivity contribution in [2.24, 2.45) is 0 Å². The summed E-state index contributed by atoms with van der Waals surface area (Å²) in [5.74, 6) is -0.448. The maximum absolute atomic E-state index is 12.8. The maximum Gasteiger partial charge on any atom is 0.416 e. The maximum atomic E-state index is 12.8. The van der Waals surface area contributed by atoms with Gasteiger partial charge in [-0.1, -0.05) is 18.2 Å². The Balaban J connectivity index is 1.42. The molecule has 5 nitrogen and oxygen atoms in total. The molecule has 0 aliphatic carbocycles. The van der Waals surface area contributed by atoms with Crippen molar-refractivity contribution < 1.29 is 27.8 Å². The smallest absolute Gasteiger partial charge is 0.416 e. The van der Waals surface area contributed by atoms with Gasteiger partial charge < -0.3 is 9.84 Å². The second kappa shape index (κ2) is 9.52. The van der Waals surface area contributed by atoms with Crippen molar-refractivity contribution in [3.8, 4) is 16.3 Å². The number of benzene rings is 2. The lowest BCUT2D eigenvalue weighted by Crippen LogP contribution is -2.25. The largest absolute Gasteiger partial charge is 0.482 e. The van der Waals surface area contributed by atoms with Crippen LogP contribution in [0.1, 0.15) is 27.3 Å². The fourth-order valence-electron chi connectivity index (χ4n) is 3.84. The van der Waals surface area contributed by atoms with E-state index >= 15 is 0 Å². The van der Waals surface area contributed by atoms with Gasteiger partial charge in [-0.15, -0.1) is 11.3 Å². The predicted molar refractivity (Wildman–Crippen MR) is 120 cm³/mol. The number of nitrogens with zero attached hydrogens (tertiary/aromatic N) is 2. The highest BCUT2D eigenvalue weighted by Crippen LogP contribution is 2.33. The third-order valence-corrected chi connectivity index (χ3v) is 6.85. The highest BCUT2D eigenvalue weighted by molar-refractivity contribution is 7.15. The number of fused-ring (bicyclic) bond motifs is 1. The van der Waals surface area contributed by atoms with Crippen LogP contribution in [0, 0.1) is 6.92 Å². The van der Waals surface area contributed by atoms with E-state index < -0.39 is 17.7 Å². The second-order valence-electron chi connectivity index (χ2n) is 7.99. The van der Waals surface area contributed by atoms with Gasteiger partial charge in [0.15, 0.2) is 6.61 Å². The summed E-state index contributed by atoms with van der Waals surface area (Å²) in [5.41, 5.74) is 3.29. The number of hydrogen-bond acceptors (Lipinski definition) is 5. The fourth-order valence-corrected chi connectivity index (χ4v) is 4.95. The van der Waals surface area contributed by atoms with Crippen molar-refractivity contribution in [1.29, 1.82) is 0 Å². The van der Waals surface area contributed by atoms with E-state index in [1.165, 1.54) is 29.0 Å². The molecule has 0 fully saturated rings. The summed E-state index contributed by atoms with van der Waals surface area (Å²) in [6.07, 6.45) is -2.66. The lowest BCUT2D eigenvalue weighted by molar-refractivity contribution is -0.139. The molecule has 0 atom stereocenters. The van der Waals surface area contributed by atoms with Crippen LogP contribution in [0.5, 0.6) is 5.75 Å². The van der Waals surface area contributed by atoms with Crippen LogP contribution < -0.4 is 4.74 Å². The Labute approximate surface area is 193 Å². The lowest BCUT2D eigenvalue weighted by Gasteiger charge is -2.18.